The second-order valence-corrected chi connectivity index (χ2v) is 14.9. The second-order valence-electron chi connectivity index (χ2n) is 14.9. The van der Waals surface area contributed by atoms with Gasteiger partial charge in [0.2, 0.25) is 0 Å². The van der Waals surface area contributed by atoms with Gasteiger partial charge in [-0.3, -0.25) is 0 Å². The number of nitrogens with zero attached hydrogens (tertiary/aromatic N) is 2. The maximum atomic E-state index is 6.46. The van der Waals surface area contributed by atoms with E-state index in [9.17, 15) is 0 Å². The van der Waals surface area contributed by atoms with Gasteiger partial charge in [0.15, 0.2) is 0 Å². The molecule has 9 aromatic carbocycles. The molecule has 57 heavy (non-hydrogen) atoms. The third kappa shape index (κ3) is 4.99. The van der Waals surface area contributed by atoms with Crippen molar-refractivity contribution in [2.24, 2.45) is 0 Å². The van der Waals surface area contributed by atoms with Crippen molar-refractivity contribution in [3.63, 3.8) is 0 Å². The summed E-state index contributed by atoms with van der Waals surface area (Å²) in [5.41, 5.74) is 16.0. The first kappa shape index (κ1) is 31.7. The first-order valence-corrected chi connectivity index (χ1v) is 19.5. The highest BCUT2D eigenvalue weighted by molar-refractivity contribution is 6.13. The Labute approximate surface area is 328 Å². The van der Waals surface area contributed by atoms with Crippen LogP contribution in [0.2, 0.25) is 0 Å². The lowest BCUT2D eigenvalue weighted by Crippen LogP contribution is -1.94. The molecule has 0 aliphatic heterocycles. The van der Waals surface area contributed by atoms with E-state index in [0.29, 0.717) is 0 Å². The fourth-order valence-corrected chi connectivity index (χ4v) is 9.03. The molecule has 0 aliphatic rings. The van der Waals surface area contributed by atoms with Crippen LogP contribution in [-0.4, -0.2) is 9.13 Å². The Bertz CT molecular complexity index is 3510. The number of hydrogen-bond donors (Lipinski definition) is 0. The molecule has 0 radical (unpaired) electrons. The zero-order valence-electron chi connectivity index (χ0n) is 30.9. The maximum absolute atomic E-state index is 6.46. The van der Waals surface area contributed by atoms with Gasteiger partial charge < -0.3 is 13.6 Å². The first-order valence-electron chi connectivity index (χ1n) is 19.5. The van der Waals surface area contributed by atoms with Gasteiger partial charge in [-0.15, -0.1) is 0 Å². The number of aromatic nitrogens is 2. The van der Waals surface area contributed by atoms with Crippen molar-refractivity contribution in [3.8, 4) is 44.8 Å². The van der Waals surface area contributed by atoms with Gasteiger partial charge in [0, 0.05) is 43.7 Å². The molecule has 3 nitrogen and oxygen atoms in total. The van der Waals surface area contributed by atoms with Crippen molar-refractivity contribution in [1.29, 1.82) is 0 Å². The molecule has 0 saturated carbocycles. The lowest BCUT2D eigenvalue weighted by molar-refractivity contribution is 0.669. The van der Waals surface area contributed by atoms with E-state index >= 15 is 0 Å². The zero-order chi connectivity index (χ0) is 37.5. The Morgan fingerprint density at radius 2 is 0.667 bits per heavy atom. The summed E-state index contributed by atoms with van der Waals surface area (Å²) in [7, 11) is 0. The van der Waals surface area contributed by atoms with Gasteiger partial charge in [-0.2, -0.15) is 0 Å². The van der Waals surface area contributed by atoms with Gasteiger partial charge in [0.05, 0.1) is 22.1 Å². The van der Waals surface area contributed by atoms with Crippen LogP contribution in [0.15, 0.2) is 211 Å². The summed E-state index contributed by atoms with van der Waals surface area (Å²) in [5, 5.41) is 7.16. The summed E-state index contributed by atoms with van der Waals surface area (Å²) >= 11 is 0. The number of rotatable bonds is 5. The smallest absolute Gasteiger partial charge is 0.135 e. The third-order valence-corrected chi connectivity index (χ3v) is 11.7. The minimum absolute atomic E-state index is 0.884. The first-order chi connectivity index (χ1) is 28.2. The molecule has 0 spiro atoms. The average Bonchev–Trinajstić information content (AvgIpc) is 3.93. The average molecular weight is 727 g/mol. The molecular formula is C54H34N2O. The Balaban J connectivity index is 0.989. The van der Waals surface area contributed by atoms with E-state index in [2.05, 4.69) is 215 Å². The van der Waals surface area contributed by atoms with Crippen molar-refractivity contribution >= 4 is 65.6 Å². The van der Waals surface area contributed by atoms with Gasteiger partial charge >= 0.3 is 0 Å². The van der Waals surface area contributed by atoms with Crippen molar-refractivity contribution < 1.29 is 4.42 Å². The second kappa shape index (κ2) is 12.5. The highest BCUT2D eigenvalue weighted by atomic mass is 16.3. The van der Waals surface area contributed by atoms with E-state index in [-0.39, 0.29) is 0 Å². The highest BCUT2D eigenvalue weighted by Crippen LogP contribution is 2.40. The van der Waals surface area contributed by atoms with Crippen LogP contribution in [0.4, 0.5) is 0 Å². The summed E-state index contributed by atoms with van der Waals surface area (Å²) in [5.74, 6) is 0. The van der Waals surface area contributed by atoms with Gasteiger partial charge in [0.25, 0.3) is 0 Å². The van der Waals surface area contributed by atoms with Crippen LogP contribution in [0.5, 0.6) is 0 Å². The topological polar surface area (TPSA) is 23.0 Å². The number of hydrogen-bond acceptors (Lipinski definition) is 1. The third-order valence-electron chi connectivity index (χ3n) is 11.7. The van der Waals surface area contributed by atoms with Gasteiger partial charge in [-0.1, -0.05) is 127 Å². The fourth-order valence-electron chi connectivity index (χ4n) is 9.03. The van der Waals surface area contributed by atoms with Gasteiger partial charge in [-0.05, 0) is 112 Å². The van der Waals surface area contributed by atoms with Crippen LogP contribution in [0.3, 0.4) is 0 Å². The molecule has 12 aromatic rings. The van der Waals surface area contributed by atoms with E-state index in [0.717, 1.165) is 38.9 Å². The molecule has 12 rings (SSSR count). The molecular weight excluding hydrogens is 693 g/mol. The van der Waals surface area contributed by atoms with Crippen molar-refractivity contribution in [2.45, 2.75) is 0 Å². The number of furan rings is 1. The Hall–Kier alpha value is -7.62. The molecule has 0 aliphatic carbocycles. The molecule has 0 bridgehead atoms. The summed E-state index contributed by atoms with van der Waals surface area (Å²) < 4.78 is 11.2. The van der Waals surface area contributed by atoms with E-state index in [1.54, 1.807) is 0 Å². The maximum Gasteiger partial charge on any atom is 0.135 e. The number of para-hydroxylation sites is 2. The highest BCUT2D eigenvalue weighted by Gasteiger charge is 2.17. The quantitative estimate of drug-likeness (QED) is 0.173. The molecule has 3 heteroatoms. The fraction of sp³-hybridized carbons (Fsp3) is 0. The standard InChI is InChI=1S/C54H34N2O/c1-3-12-35(13-4-1)37-16-11-17-41(30-37)55-49-20-9-7-19-44(49)46-32-39(23-27-51(46)55)40-24-28-53-47(33-40)48-34-42(25-29-54(48)57-53)56-50-21-10-8-18-43(50)45-31-38(22-26-52(45)56)36-14-5-2-6-15-36/h1-34H. The summed E-state index contributed by atoms with van der Waals surface area (Å²) in [6.07, 6.45) is 0. The van der Waals surface area contributed by atoms with Crippen LogP contribution in [-0.2, 0) is 0 Å². The lowest BCUT2D eigenvalue weighted by atomic mass is 10.0. The van der Waals surface area contributed by atoms with Crippen LogP contribution in [0, 0.1) is 0 Å². The minimum atomic E-state index is 0.884. The molecule has 3 aromatic heterocycles. The number of fused-ring (bicyclic) bond motifs is 9. The Morgan fingerprint density at radius 1 is 0.246 bits per heavy atom. The van der Waals surface area contributed by atoms with Crippen molar-refractivity contribution in [3.05, 3.63) is 206 Å². The van der Waals surface area contributed by atoms with Crippen LogP contribution in [0.25, 0.3) is 110 Å². The Kier molecular flexibility index (Phi) is 6.93. The number of benzene rings is 9. The van der Waals surface area contributed by atoms with E-state index in [1.807, 2.05) is 0 Å². The largest absolute Gasteiger partial charge is 0.456 e. The van der Waals surface area contributed by atoms with E-state index in [1.165, 1.54) is 71.4 Å². The lowest BCUT2D eigenvalue weighted by Gasteiger charge is -2.11. The molecule has 3 heterocycles. The molecule has 266 valence electrons. The summed E-state index contributed by atoms with van der Waals surface area (Å²) in [4.78, 5) is 0. The van der Waals surface area contributed by atoms with Crippen molar-refractivity contribution in [1.82, 2.24) is 9.13 Å². The zero-order valence-corrected chi connectivity index (χ0v) is 30.9. The summed E-state index contributed by atoms with van der Waals surface area (Å²) in [6.45, 7) is 0. The minimum Gasteiger partial charge on any atom is -0.456 e. The predicted octanol–water partition coefficient (Wildman–Crippen LogP) is 14.8. The molecule has 0 unspecified atom stereocenters. The van der Waals surface area contributed by atoms with Crippen LogP contribution in [0.1, 0.15) is 0 Å². The molecule has 0 saturated heterocycles. The van der Waals surface area contributed by atoms with Gasteiger partial charge in [0.1, 0.15) is 11.2 Å². The van der Waals surface area contributed by atoms with Crippen LogP contribution >= 0.6 is 0 Å². The molecule has 0 fully saturated rings. The predicted molar refractivity (Wildman–Crippen MR) is 239 cm³/mol. The molecule has 0 atom stereocenters. The molecule has 0 N–H and O–H groups in total. The van der Waals surface area contributed by atoms with Crippen LogP contribution < -0.4 is 0 Å². The van der Waals surface area contributed by atoms with E-state index < -0.39 is 0 Å². The normalized spacial score (nSPS) is 11.9. The van der Waals surface area contributed by atoms with Crippen molar-refractivity contribution in [2.75, 3.05) is 0 Å². The van der Waals surface area contributed by atoms with E-state index in [4.69, 9.17) is 4.42 Å². The van der Waals surface area contributed by atoms with Gasteiger partial charge in [-0.25, -0.2) is 0 Å². The SMILES string of the molecule is c1ccc(-c2cccc(-n3c4ccccc4c4cc(-c5ccc6oc7ccc(-n8c9ccccc9c9cc(-c%10ccccc%10)ccc98)cc7c6c5)ccc43)c2)cc1. The monoisotopic (exact) mass is 726 g/mol. The summed E-state index contributed by atoms with van der Waals surface area (Å²) in [6, 6.07) is 74.5. The molecule has 0 amide bonds. The Morgan fingerprint density at radius 3 is 1.28 bits per heavy atom.